The van der Waals surface area contributed by atoms with Crippen LogP contribution in [0, 0.1) is 0 Å². The minimum absolute atomic E-state index is 0.116. The highest BCUT2D eigenvalue weighted by molar-refractivity contribution is 7.13. The zero-order valence-electron chi connectivity index (χ0n) is 17.0. The predicted molar refractivity (Wildman–Crippen MR) is 116 cm³/mol. The molecule has 1 fully saturated rings. The van der Waals surface area contributed by atoms with Gasteiger partial charge in [-0.2, -0.15) is 0 Å². The van der Waals surface area contributed by atoms with Gasteiger partial charge in [0.2, 0.25) is 0 Å². The van der Waals surface area contributed by atoms with E-state index in [0.717, 1.165) is 5.56 Å². The monoisotopic (exact) mass is 435 g/mol. The number of carbonyl (C=O) groups excluding carboxylic acids is 3. The highest BCUT2D eigenvalue weighted by Crippen LogP contribution is 2.24. The van der Waals surface area contributed by atoms with E-state index in [9.17, 15) is 14.4 Å². The quantitative estimate of drug-likeness (QED) is 0.615. The molecule has 0 bridgehead atoms. The van der Waals surface area contributed by atoms with Crippen LogP contribution in [0.4, 0.5) is 0 Å². The molecule has 0 saturated carbocycles. The van der Waals surface area contributed by atoms with E-state index in [1.54, 1.807) is 49.1 Å². The molecule has 0 unspecified atom stereocenters. The highest BCUT2D eigenvalue weighted by Gasteiger charge is 2.33. The molecule has 31 heavy (non-hydrogen) atoms. The molecule has 3 amide bonds. The van der Waals surface area contributed by atoms with Crippen molar-refractivity contribution >= 4 is 29.1 Å². The smallest absolute Gasteiger partial charge is 0.291 e. The van der Waals surface area contributed by atoms with E-state index in [2.05, 4.69) is 9.97 Å². The van der Waals surface area contributed by atoms with Crippen molar-refractivity contribution in [2.24, 2.45) is 0 Å². The predicted octanol–water partition coefficient (Wildman–Crippen LogP) is 2.57. The largest absolute Gasteiger partial charge is 0.332 e. The second-order valence-corrected chi connectivity index (χ2v) is 7.96. The van der Waals surface area contributed by atoms with Gasteiger partial charge in [0.15, 0.2) is 0 Å². The van der Waals surface area contributed by atoms with Crippen LogP contribution in [0.2, 0.25) is 0 Å². The molecule has 3 heterocycles. The Labute approximate surface area is 183 Å². The first-order chi connectivity index (χ1) is 15.0. The molecule has 2 aromatic heterocycles. The van der Waals surface area contributed by atoms with E-state index in [0.29, 0.717) is 30.1 Å². The van der Waals surface area contributed by atoms with Crippen LogP contribution in [0.1, 0.15) is 27.3 Å². The fourth-order valence-corrected chi connectivity index (χ4v) is 4.15. The summed E-state index contributed by atoms with van der Waals surface area (Å²) in [6, 6.07) is 12.5. The average molecular weight is 436 g/mol. The van der Waals surface area contributed by atoms with E-state index in [1.807, 2.05) is 18.2 Å². The lowest BCUT2D eigenvalue weighted by Crippen LogP contribution is -2.49. The van der Waals surface area contributed by atoms with Crippen LogP contribution >= 0.6 is 11.3 Å². The maximum Gasteiger partial charge on any atom is 0.291 e. The third-order valence-corrected chi connectivity index (χ3v) is 5.82. The number of hydrogen-bond acceptors (Lipinski definition) is 6. The Morgan fingerprint density at radius 1 is 1.06 bits per heavy atom. The second-order valence-electron chi connectivity index (χ2n) is 7.11. The number of nitrogens with zero attached hydrogens (tertiary/aromatic N) is 5. The Balaban J connectivity index is 1.44. The molecule has 8 nitrogen and oxygen atoms in total. The zero-order valence-corrected chi connectivity index (χ0v) is 17.8. The maximum atomic E-state index is 13.0. The number of aromatic nitrogens is 2. The number of carbonyl (C=O) groups is 3. The SMILES string of the molecule is CN(CC(=O)N1CCCN1C(=O)c1csc(-c2cccnc2)n1)C(=O)c1ccccc1. The number of thiazole rings is 1. The summed E-state index contributed by atoms with van der Waals surface area (Å²) in [5.74, 6) is -0.874. The first kappa shape index (κ1) is 20.7. The molecular weight excluding hydrogens is 414 g/mol. The van der Waals surface area contributed by atoms with Gasteiger partial charge in [0, 0.05) is 49.0 Å². The normalized spacial score (nSPS) is 13.3. The Bertz CT molecular complexity index is 1090. The van der Waals surface area contributed by atoms with Crippen LogP contribution in [0.25, 0.3) is 10.6 Å². The Hall–Kier alpha value is -3.59. The van der Waals surface area contributed by atoms with Gasteiger partial charge in [0.25, 0.3) is 17.7 Å². The summed E-state index contributed by atoms with van der Waals surface area (Å²) in [7, 11) is 1.58. The van der Waals surface area contributed by atoms with Crippen molar-refractivity contribution in [2.75, 3.05) is 26.7 Å². The van der Waals surface area contributed by atoms with Crippen molar-refractivity contribution in [3.05, 3.63) is 71.5 Å². The number of hydrazine groups is 1. The summed E-state index contributed by atoms with van der Waals surface area (Å²) < 4.78 is 0. The molecule has 1 aromatic carbocycles. The van der Waals surface area contributed by atoms with Crippen molar-refractivity contribution in [1.82, 2.24) is 24.9 Å². The minimum Gasteiger partial charge on any atom is -0.332 e. The minimum atomic E-state index is -0.325. The standard InChI is InChI=1S/C22H21N5O3S/c1-25(21(29)16-7-3-2-4-8-16)14-19(28)26-11-6-12-27(26)22(30)18-15-31-20(24-18)17-9-5-10-23-13-17/h2-5,7-10,13,15H,6,11-12,14H2,1H3. The molecule has 9 heteroatoms. The Morgan fingerprint density at radius 2 is 1.84 bits per heavy atom. The topological polar surface area (TPSA) is 86.7 Å². The molecule has 0 atom stereocenters. The third kappa shape index (κ3) is 4.46. The Kier molecular flexibility index (Phi) is 6.03. The fourth-order valence-electron chi connectivity index (χ4n) is 3.37. The van der Waals surface area contributed by atoms with E-state index in [4.69, 9.17) is 0 Å². The number of benzene rings is 1. The van der Waals surface area contributed by atoms with Crippen LogP contribution < -0.4 is 0 Å². The number of likely N-dealkylation sites (N-methyl/N-ethyl adjacent to an activating group) is 1. The van der Waals surface area contributed by atoms with Gasteiger partial charge in [0.05, 0.1) is 0 Å². The molecule has 1 aliphatic rings. The van der Waals surface area contributed by atoms with Gasteiger partial charge >= 0.3 is 0 Å². The van der Waals surface area contributed by atoms with Gasteiger partial charge in [-0.05, 0) is 30.7 Å². The van der Waals surface area contributed by atoms with Crippen molar-refractivity contribution in [2.45, 2.75) is 6.42 Å². The van der Waals surface area contributed by atoms with Crippen molar-refractivity contribution in [3.8, 4) is 10.6 Å². The molecule has 0 radical (unpaired) electrons. The van der Waals surface area contributed by atoms with Crippen LogP contribution in [0.15, 0.2) is 60.2 Å². The van der Waals surface area contributed by atoms with Crippen molar-refractivity contribution in [1.29, 1.82) is 0 Å². The van der Waals surface area contributed by atoms with Gasteiger partial charge < -0.3 is 4.90 Å². The molecule has 0 spiro atoms. The number of pyridine rings is 1. The third-order valence-electron chi connectivity index (χ3n) is 4.93. The second kappa shape index (κ2) is 9.05. The summed E-state index contributed by atoms with van der Waals surface area (Å²) in [5, 5.41) is 5.23. The van der Waals surface area contributed by atoms with E-state index in [1.165, 1.54) is 26.3 Å². The lowest BCUT2D eigenvalue weighted by molar-refractivity contribution is -0.141. The van der Waals surface area contributed by atoms with Crippen molar-refractivity contribution < 1.29 is 14.4 Å². The van der Waals surface area contributed by atoms with Gasteiger partial charge in [-0.1, -0.05) is 18.2 Å². The van der Waals surface area contributed by atoms with Gasteiger partial charge in [0.1, 0.15) is 17.2 Å². The number of amides is 3. The lowest BCUT2D eigenvalue weighted by Gasteiger charge is -2.29. The zero-order chi connectivity index (χ0) is 21.8. The number of hydrogen-bond donors (Lipinski definition) is 0. The van der Waals surface area contributed by atoms with E-state index < -0.39 is 0 Å². The molecule has 0 N–H and O–H groups in total. The molecule has 4 rings (SSSR count). The summed E-state index contributed by atoms with van der Waals surface area (Å²) in [4.78, 5) is 48.3. The van der Waals surface area contributed by atoms with E-state index in [-0.39, 0.29) is 30.0 Å². The van der Waals surface area contributed by atoms with Gasteiger partial charge in [-0.3, -0.25) is 19.4 Å². The summed E-state index contributed by atoms with van der Waals surface area (Å²) in [6.45, 7) is 0.744. The van der Waals surface area contributed by atoms with Gasteiger partial charge in [-0.15, -0.1) is 11.3 Å². The van der Waals surface area contributed by atoms with E-state index >= 15 is 0 Å². The molecular formula is C22H21N5O3S. The first-order valence-corrected chi connectivity index (χ1v) is 10.7. The van der Waals surface area contributed by atoms with Crippen LogP contribution in [0.5, 0.6) is 0 Å². The fraction of sp³-hybridized carbons (Fsp3) is 0.227. The highest BCUT2D eigenvalue weighted by atomic mass is 32.1. The van der Waals surface area contributed by atoms with Crippen molar-refractivity contribution in [3.63, 3.8) is 0 Å². The molecule has 1 saturated heterocycles. The molecule has 3 aromatic rings. The molecule has 158 valence electrons. The summed E-state index contributed by atoms with van der Waals surface area (Å²) in [5.41, 5.74) is 1.64. The maximum absolute atomic E-state index is 13.0. The average Bonchev–Trinajstić information content (AvgIpc) is 3.49. The molecule has 0 aliphatic carbocycles. The van der Waals surface area contributed by atoms with Crippen LogP contribution in [-0.4, -0.2) is 69.3 Å². The Morgan fingerprint density at radius 3 is 2.58 bits per heavy atom. The summed E-state index contributed by atoms with van der Waals surface area (Å²) >= 11 is 1.36. The number of rotatable bonds is 5. The lowest BCUT2D eigenvalue weighted by atomic mass is 10.2. The van der Waals surface area contributed by atoms with Crippen LogP contribution in [0.3, 0.4) is 0 Å². The first-order valence-electron chi connectivity index (χ1n) is 9.83. The summed E-state index contributed by atoms with van der Waals surface area (Å²) in [6.07, 6.45) is 4.04. The van der Waals surface area contributed by atoms with Crippen LogP contribution in [-0.2, 0) is 4.79 Å². The van der Waals surface area contributed by atoms with Gasteiger partial charge in [-0.25, -0.2) is 15.0 Å². The molecule has 1 aliphatic heterocycles.